The molecule has 5 heteroatoms. The first-order chi connectivity index (χ1) is 13.5. The number of allylic oxidation sites excluding steroid dienone is 1. The van der Waals surface area contributed by atoms with E-state index in [1.54, 1.807) is 11.8 Å². The Morgan fingerprint density at radius 2 is 1.54 bits per heavy atom. The van der Waals surface area contributed by atoms with Crippen LogP contribution < -0.4 is 0 Å². The van der Waals surface area contributed by atoms with E-state index >= 15 is 0 Å². The molecule has 2 atom stereocenters. The number of unbranched alkanes of at least 4 members (excludes halogenated alkanes) is 3. The second-order valence-corrected chi connectivity index (χ2v) is 23.1. The van der Waals surface area contributed by atoms with Crippen LogP contribution in [0.5, 0.6) is 0 Å². The summed E-state index contributed by atoms with van der Waals surface area (Å²) in [5.74, 6) is 0.440. The Balaban J connectivity index is 6.03. The first-order valence-corrected chi connectivity index (χ1v) is 20.7. The number of carbonyl (C=O) groups is 1. The van der Waals surface area contributed by atoms with Crippen LogP contribution in [0.3, 0.4) is 0 Å². The molecule has 0 fully saturated rings. The zero-order valence-corrected chi connectivity index (χ0v) is 23.3. The zero-order valence-electron chi connectivity index (χ0n) is 18.8. The topological polar surface area (TPSA) is 26.3 Å². The van der Waals surface area contributed by atoms with Crippen LogP contribution in [0.25, 0.3) is 0 Å². The van der Waals surface area contributed by atoms with Gasteiger partial charge in [-0.2, -0.15) is 0 Å². The molecule has 2 nitrogen and oxygen atoms in total. The van der Waals surface area contributed by atoms with Gasteiger partial charge in [0.05, 0.1) is 0 Å². The standard InChI is InChI=1S/C11H17O2S2.3C4H9.Sn/c1-3-4-6-10(7-5-8-12)9-13-11(14)15-2;3*1-3-4-2;/h3,8-10H,1,4-7H2,2H3;3*1,3-4H2,2H3;. The van der Waals surface area contributed by atoms with E-state index in [1.807, 2.05) is 12.3 Å². The van der Waals surface area contributed by atoms with Crippen LogP contribution in [-0.4, -0.2) is 39.4 Å². The molecule has 164 valence electrons. The fourth-order valence-corrected chi connectivity index (χ4v) is 23.6. The van der Waals surface area contributed by atoms with Crippen molar-refractivity contribution in [2.75, 3.05) is 6.26 Å². The normalized spacial score (nSPS) is 13.7. The Kier molecular flexibility index (Phi) is 18.5. The van der Waals surface area contributed by atoms with Crippen LogP contribution in [0, 0.1) is 5.92 Å². The predicted octanol–water partition coefficient (Wildman–Crippen LogP) is 7.97. The fraction of sp³-hybridized carbons (Fsp3) is 0.826. The Bertz CT molecular complexity index is 395. The van der Waals surface area contributed by atoms with E-state index in [1.165, 1.54) is 51.8 Å². The number of hydrogen-bond donors (Lipinski definition) is 0. The van der Waals surface area contributed by atoms with Crippen molar-refractivity contribution in [2.45, 2.75) is 102 Å². The van der Waals surface area contributed by atoms with E-state index in [4.69, 9.17) is 17.0 Å². The van der Waals surface area contributed by atoms with E-state index in [0.717, 1.165) is 25.5 Å². The molecular formula is C23H44O2S2Sn. The second-order valence-electron chi connectivity index (χ2n) is 8.04. The van der Waals surface area contributed by atoms with E-state index < -0.39 is 18.4 Å². The van der Waals surface area contributed by atoms with Crippen molar-refractivity contribution in [3.63, 3.8) is 0 Å². The van der Waals surface area contributed by atoms with Crippen molar-refractivity contribution in [1.82, 2.24) is 0 Å². The van der Waals surface area contributed by atoms with Crippen LogP contribution in [-0.2, 0) is 9.53 Å². The van der Waals surface area contributed by atoms with Gasteiger partial charge in [0, 0.05) is 0 Å². The number of thiocarbonyl (C=S) groups is 1. The van der Waals surface area contributed by atoms with Crippen molar-refractivity contribution < 1.29 is 9.53 Å². The van der Waals surface area contributed by atoms with Gasteiger partial charge < -0.3 is 0 Å². The third kappa shape index (κ3) is 11.0. The molecule has 0 saturated carbocycles. The summed E-state index contributed by atoms with van der Waals surface area (Å²) < 4.78 is 11.9. The van der Waals surface area contributed by atoms with Gasteiger partial charge >= 0.3 is 190 Å². The van der Waals surface area contributed by atoms with Gasteiger partial charge in [-0.15, -0.1) is 0 Å². The first kappa shape index (κ1) is 28.4. The van der Waals surface area contributed by atoms with Crippen LogP contribution in [0.1, 0.15) is 85.0 Å². The summed E-state index contributed by atoms with van der Waals surface area (Å²) in [5.41, 5.74) is 0. The van der Waals surface area contributed by atoms with Crippen LogP contribution in [0.2, 0.25) is 13.3 Å². The number of ether oxygens (including phenoxy) is 1. The average molecular weight is 535 g/mol. The summed E-state index contributed by atoms with van der Waals surface area (Å²) in [6, 6.07) is 0. The maximum absolute atomic E-state index is 11.2. The zero-order chi connectivity index (χ0) is 21.3. The summed E-state index contributed by atoms with van der Waals surface area (Å²) in [7, 11) is 0. The molecule has 0 radical (unpaired) electrons. The Hall–Kier alpha value is 0.449. The van der Waals surface area contributed by atoms with Crippen LogP contribution in [0.4, 0.5) is 0 Å². The van der Waals surface area contributed by atoms with E-state index in [2.05, 4.69) is 27.4 Å². The van der Waals surface area contributed by atoms with Crippen molar-refractivity contribution in [2.24, 2.45) is 5.92 Å². The molecule has 0 N–H and O–H groups in total. The molecule has 0 aromatic rings. The summed E-state index contributed by atoms with van der Waals surface area (Å²) in [6.07, 6.45) is 16.4. The summed E-state index contributed by atoms with van der Waals surface area (Å²) in [5, 5.41) is 0. The first-order valence-electron chi connectivity index (χ1n) is 11.3. The number of carbonyl (C=O) groups excluding carboxylic acids is 1. The number of aldehydes is 1. The molecule has 0 aromatic heterocycles. The molecule has 0 heterocycles. The molecular weight excluding hydrogens is 491 g/mol. The molecule has 0 aliphatic carbocycles. The summed E-state index contributed by atoms with van der Waals surface area (Å²) >= 11 is 4.47. The van der Waals surface area contributed by atoms with Gasteiger partial charge in [-0.1, -0.05) is 0 Å². The van der Waals surface area contributed by atoms with Crippen molar-refractivity contribution in [1.29, 1.82) is 0 Å². The van der Waals surface area contributed by atoms with Gasteiger partial charge in [-0.25, -0.2) is 0 Å². The number of thioether (sulfide) groups is 1. The summed E-state index contributed by atoms with van der Waals surface area (Å²) in [6.45, 7) is 10.9. The molecule has 0 rings (SSSR count). The van der Waals surface area contributed by atoms with E-state index in [9.17, 15) is 4.79 Å². The van der Waals surface area contributed by atoms with Crippen LogP contribution in [0.15, 0.2) is 12.7 Å². The number of rotatable bonds is 18. The van der Waals surface area contributed by atoms with Gasteiger partial charge in [0.15, 0.2) is 0 Å². The maximum atomic E-state index is 11.2. The van der Waals surface area contributed by atoms with Crippen LogP contribution >= 0.6 is 24.0 Å². The van der Waals surface area contributed by atoms with Crippen molar-refractivity contribution >= 4 is 53.0 Å². The van der Waals surface area contributed by atoms with Gasteiger partial charge in [0.2, 0.25) is 0 Å². The molecule has 2 unspecified atom stereocenters. The fourth-order valence-electron chi connectivity index (χ4n) is 4.32. The average Bonchev–Trinajstić information content (AvgIpc) is 2.72. The quantitative estimate of drug-likeness (QED) is 0.0770. The Labute approximate surface area is 188 Å². The van der Waals surface area contributed by atoms with Gasteiger partial charge in [0.1, 0.15) is 0 Å². The predicted molar refractivity (Wildman–Crippen MR) is 134 cm³/mol. The molecule has 0 aliphatic rings. The second kappa shape index (κ2) is 18.2. The third-order valence-electron chi connectivity index (χ3n) is 5.90. The molecule has 0 aliphatic heterocycles. The molecule has 0 aromatic carbocycles. The minimum atomic E-state index is -2.65. The Morgan fingerprint density at radius 3 is 1.93 bits per heavy atom. The summed E-state index contributed by atoms with van der Waals surface area (Å²) in [4.78, 5) is 11.2. The number of hydrogen-bond acceptors (Lipinski definition) is 4. The van der Waals surface area contributed by atoms with Gasteiger partial charge in [0.25, 0.3) is 0 Å². The Morgan fingerprint density at radius 1 is 1.04 bits per heavy atom. The third-order valence-corrected chi connectivity index (χ3v) is 23.6. The van der Waals surface area contributed by atoms with Crippen molar-refractivity contribution in [3.05, 3.63) is 12.7 Å². The van der Waals surface area contributed by atoms with E-state index in [0.29, 0.717) is 20.8 Å². The van der Waals surface area contributed by atoms with E-state index in [-0.39, 0.29) is 0 Å². The van der Waals surface area contributed by atoms with Gasteiger partial charge in [-0.05, 0) is 0 Å². The van der Waals surface area contributed by atoms with Crippen molar-refractivity contribution in [3.8, 4) is 0 Å². The molecule has 28 heavy (non-hydrogen) atoms. The minimum absolute atomic E-state index is 0.304. The molecule has 0 saturated heterocycles. The SMILES string of the molecule is C=CCCC(CCC=O)[CH](OC(=S)SC)[Sn]([CH2]CCC)([CH2]CCC)[CH2]CCC. The molecule has 0 bridgehead atoms. The monoisotopic (exact) mass is 536 g/mol. The van der Waals surface area contributed by atoms with Gasteiger partial charge in [-0.3, -0.25) is 0 Å². The molecule has 0 spiro atoms. The molecule has 0 amide bonds.